The highest BCUT2D eigenvalue weighted by Gasteiger charge is 2.08. The van der Waals surface area contributed by atoms with Crippen LogP contribution in [-0.4, -0.2) is 9.97 Å². The van der Waals surface area contributed by atoms with Gasteiger partial charge >= 0.3 is 0 Å². The number of rotatable bonds is 2. The molecule has 0 atom stereocenters. The zero-order valence-corrected chi connectivity index (χ0v) is 12.6. The summed E-state index contributed by atoms with van der Waals surface area (Å²) in [4.78, 5) is 10.3. The van der Waals surface area contributed by atoms with Gasteiger partial charge in [0.05, 0.1) is 11.0 Å². The normalized spacial score (nSPS) is 11.2. The molecule has 112 valence electrons. The predicted molar refractivity (Wildman–Crippen MR) is 87.5 cm³/mol. The van der Waals surface area contributed by atoms with Crippen LogP contribution in [0, 0.1) is 11.6 Å². The molecule has 0 radical (unpaired) electrons. The summed E-state index contributed by atoms with van der Waals surface area (Å²) in [5.74, 6) is -0.617. The first-order valence-corrected chi connectivity index (χ1v) is 7.79. The molecule has 4 rings (SSSR count). The molecule has 2 heterocycles. The van der Waals surface area contributed by atoms with E-state index in [0.717, 1.165) is 20.6 Å². The van der Waals surface area contributed by atoms with Gasteiger partial charge in [0, 0.05) is 45.1 Å². The molecule has 0 aliphatic heterocycles. The molecule has 0 fully saturated rings. The highest BCUT2D eigenvalue weighted by Crippen LogP contribution is 2.36. The molecule has 0 amide bonds. The van der Waals surface area contributed by atoms with E-state index in [-0.39, 0.29) is 11.6 Å². The van der Waals surface area contributed by atoms with E-state index in [1.165, 1.54) is 36.0 Å². The van der Waals surface area contributed by atoms with Crippen molar-refractivity contribution in [2.45, 2.75) is 9.79 Å². The molecular formula is C18H10F2N2S. The van der Waals surface area contributed by atoms with Crippen LogP contribution in [-0.2, 0) is 0 Å². The molecule has 0 aliphatic carbocycles. The topological polar surface area (TPSA) is 25.8 Å². The van der Waals surface area contributed by atoms with Crippen molar-refractivity contribution in [3.8, 4) is 0 Å². The zero-order valence-electron chi connectivity index (χ0n) is 11.8. The van der Waals surface area contributed by atoms with Gasteiger partial charge in [0.1, 0.15) is 11.6 Å². The Labute approximate surface area is 135 Å². The van der Waals surface area contributed by atoms with Gasteiger partial charge in [-0.15, -0.1) is 0 Å². The fourth-order valence-electron chi connectivity index (χ4n) is 2.49. The van der Waals surface area contributed by atoms with Crippen LogP contribution < -0.4 is 0 Å². The van der Waals surface area contributed by atoms with Gasteiger partial charge in [-0.1, -0.05) is 11.8 Å². The fourth-order valence-corrected chi connectivity index (χ4v) is 3.55. The van der Waals surface area contributed by atoms with Crippen molar-refractivity contribution in [1.82, 2.24) is 9.97 Å². The monoisotopic (exact) mass is 324 g/mol. The first kappa shape index (κ1) is 14.1. The number of hydrogen-bond donors (Lipinski definition) is 0. The summed E-state index contributed by atoms with van der Waals surface area (Å²) in [5.41, 5.74) is 1.22. The Kier molecular flexibility index (Phi) is 3.42. The number of fused-ring (bicyclic) bond motifs is 2. The van der Waals surface area contributed by atoms with Crippen LogP contribution in [0.1, 0.15) is 0 Å². The maximum absolute atomic E-state index is 13.4. The lowest BCUT2D eigenvalue weighted by molar-refractivity contribution is 0.629. The lowest BCUT2D eigenvalue weighted by atomic mass is 10.2. The molecule has 23 heavy (non-hydrogen) atoms. The van der Waals surface area contributed by atoms with Crippen LogP contribution in [0.5, 0.6) is 0 Å². The number of aromatic nitrogens is 2. The SMILES string of the molecule is Fc1ccc2c(Sc3ccnc4cc(F)ccc34)ccnc2c1. The third-order valence-corrected chi connectivity index (χ3v) is 4.70. The lowest BCUT2D eigenvalue weighted by Crippen LogP contribution is -1.86. The van der Waals surface area contributed by atoms with Crippen molar-refractivity contribution in [3.63, 3.8) is 0 Å². The number of hydrogen-bond acceptors (Lipinski definition) is 3. The van der Waals surface area contributed by atoms with Gasteiger partial charge in [0.25, 0.3) is 0 Å². The van der Waals surface area contributed by atoms with Crippen molar-refractivity contribution < 1.29 is 8.78 Å². The number of nitrogens with zero attached hydrogens (tertiary/aromatic N) is 2. The maximum Gasteiger partial charge on any atom is 0.125 e. The second-order valence-electron chi connectivity index (χ2n) is 5.04. The van der Waals surface area contributed by atoms with Gasteiger partial charge in [-0.2, -0.15) is 0 Å². The second-order valence-corrected chi connectivity index (χ2v) is 6.13. The molecule has 2 aromatic heterocycles. The van der Waals surface area contributed by atoms with E-state index in [1.54, 1.807) is 24.5 Å². The number of halogens is 2. The molecule has 5 heteroatoms. The van der Waals surface area contributed by atoms with E-state index >= 15 is 0 Å². The first-order chi connectivity index (χ1) is 11.2. The van der Waals surface area contributed by atoms with Gasteiger partial charge in [0.15, 0.2) is 0 Å². The van der Waals surface area contributed by atoms with E-state index in [2.05, 4.69) is 9.97 Å². The average molecular weight is 324 g/mol. The molecule has 0 saturated heterocycles. The highest BCUT2D eigenvalue weighted by atomic mass is 32.2. The van der Waals surface area contributed by atoms with Crippen molar-refractivity contribution in [1.29, 1.82) is 0 Å². The average Bonchev–Trinajstić information content (AvgIpc) is 2.54. The van der Waals surface area contributed by atoms with Crippen molar-refractivity contribution in [3.05, 3.63) is 72.6 Å². The Morgan fingerprint density at radius 1 is 0.652 bits per heavy atom. The van der Waals surface area contributed by atoms with Crippen LogP contribution >= 0.6 is 11.8 Å². The van der Waals surface area contributed by atoms with Crippen LogP contribution in [0.3, 0.4) is 0 Å². The van der Waals surface area contributed by atoms with Crippen molar-refractivity contribution in [2.24, 2.45) is 0 Å². The summed E-state index contributed by atoms with van der Waals surface area (Å²) in [7, 11) is 0. The van der Waals surface area contributed by atoms with Gasteiger partial charge in [0.2, 0.25) is 0 Å². The molecular weight excluding hydrogens is 314 g/mol. The minimum atomic E-state index is -0.308. The summed E-state index contributed by atoms with van der Waals surface area (Å²) < 4.78 is 26.7. The smallest absolute Gasteiger partial charge is 0.125 e. The van der Waals surface area contributed by atoms with E-state index < -0.39 is 0 Å². The van der Waals surface area contributed by atoms with Gasteiger partial charge in [-0.3, -0.25) is 9.97 Å². The summed E-state index contributed by atoms with van der Waals surface area (Å²) in [6, 6.07) is 12.9. The fraction of sp³-hybridized carbons (Fsp3) is 0. The Morgan fingerprint density at radius 3 is 1.61 bits per heavy atom. The maximum atomic E-state index is 13.4. The lowest BCUT2D eigenvalue weighted by Gasteiger charge is -2.08. The minimum Gasteiger partial charge on any atom is -0.256 e. The third kappa shape index (κ3) is 2.64. The molecule has 0 bridgehead atoms. The molecule has 0 unspecified atom stereocenters. The zero-order chi connectivity index (χ0) is 15.8. The molecule has 0 spiro atoms. The highest BCUT2D eigenvalue weighted by molar-refractivity contribution is 7.99. The van der Waals surface area contributed by atoms with E-state index in [9.17, 15) is 8.78 Å². The van der Waals surface area contributed by atoms with E-state index in [0.29, 0.717) is 11.0 Å². The van der Waals surface area contributed by atoms with Crippen LogP contribution in [0.15, 0.2) is 70.7 Å². The molecule has 0 saturated carbocycles. The van der Waals surface area contributed by atoms with Crippen molar-refractivity contribution >= 4 is 33.6 Å². The first-order valence-electron chi connectivity index (χ1n) is 6.97. The minimum absolute atomic E-state index is 0.308. The van der Waals surface area contributed by atoms with E-state index in [4.69, 9.17) is 0 Å². The number of benzene rings is 2. The Hall–Kier alpha value is -2.53. The van der Waals surface area contributed by atoms with Gasteiger partial charge < -0.3 is 0 Å². The summed E-state index contributed by atoms with van der Waals surface area (Å²) in [6.07, 6.45) is 3.32. The van der Waals surface area contributed by atoms with Gasteiger partial charge in [-0.25, -0.2) is 8.78 Å². The Bertz CT molecular complexity index is 951. The van der Waals surface area contributed by atoms with Crippen LogP contribution in [0.25, 0.3) is 21.8 Å². The quantitative estimate of drug-likeness (QED) is 0.506. The molecule has 4 aromatic rings. The molecule has 2 nitrogen and oxygen atoms in total. The summed E-state index contributed by atoms with van der Waals surface area (Å²) >= 11 is 1.53. The molecule has 2 aromatic carbocycles. The van der Waals surface area contributed by atoms with Crippen molar-refractivity contribution in [2.75, 3.05) is 0 Å². The molecule has 0 N–H and O–H groups in total. The summed E-state index contributed by atoms with van der Waals surface area (Å²) in [5, 5.41) is 1.76. The van der Waals surface area contributed by atoms with E-state index in [1.807, 2.05) is 12.1 Å². The standard InChI is InChI=1S/C18H10F2N2S/c19-11-1-3-13-15(9-11)21-7-5-17(13)23-18-6-8-22-16-10-12(20)2-4-14(16)18/h1-10H. The second kappa shape index (κ2) is 5.59. The number of pyridine rings is 2. The van der Waals surface area contributed by atoms with Gasteiger partial charge in [-0.05, 0) is 36.4 Å². The van der Waals surface area contributed by atoms with Crippen LogP contribution in [0.2, 0.25) is 0 Å². The summed E-state index contributed by atoms with van der Waals surface area (Å²) in [6.45, 7) is 0. The predicted octanol–water partition coefficient (Wildman–Crippen LogP) is 5.21. The third-order valence-electron chi connectivity index (χ3n) is 3.55. The Balaban J connectivity index is 1.85. The molecule has 0 aliphatic rings. The largest absolute Gasteiger partial charge is 0.256 e. The Morgan fingerprint density at radius 2 is 1.13 bits per heavy atom. The van der Waals surface area contributed by atoms with Crippen LogP contribution in [0.4, 0.5) is 8.78 Å².